The average Bonchev–Trinajstić information content (AvgIpc) is 3.16. The van der Waals surface area contributed by atoms with Crippen molar-refractivity contribution in [3.63, 3.8) is 0 Å². The predicted molar refractivity (Wildman–Crippen MR) is 91.9 cm³/mol. The Kier molecular flexibility index (Phi) is 3.84. The highest BCUT2D eigenvalue weighted by Gasteiger charge is 2.50. The molecule has 3 nitrogen and oxygen atoms in total. The summed E-state index contributed by atoms with van der Waals surface area (Å²) in [5, 5.41) is 3.40. The van der Waals surface area contributed by atoms with Crippen LogP contribution >= 0.6 is 0 Å². The number of benzene rings is 2. The maximum atomic E-state index is 14.5. The maximum absolute atomic E-state index is 14.5. The van der Waals surface area contributed by atoms with Crippen LogP contribution in [0.15, 0.2) is 42.5 Å². The first-order valence-electron chi connectivity index (χ1n) is 8.57. The van der Waals surface area contributed by atoms with E-state index in [9.17, 15) is 13.6 Å². The highest BCUT2D eigenvalue weighted by atomic mass is 19.1. The van der Waals surface area contributed by atoms with Crippen molar-refractivity contribution in [3.8, 4) is 11.1 Å². The summed E-state index contributed by atoms with van der Waals surface area (Å²) in [5.41, 5.74) is 1.71. The van der Waals surface area contributed by atoms with Crippen molar-refractivity contribution in [2.45, 2.75) is 30.8 Å². The van der Waals surface area contributed by atoms with Gasteiger partial charge in [0.25, 0.3) is 0 Å². The lowest BCUT2D eigenvalue weighted by molar-refractivity contribution is -0.131. The van der Waals surface area contributed by atoms with Gasteiger partial charge in [-0.15, -0.1) is 0 Å². The molecule has 0 aromatic heterocycles. The van der Waals surface area contributed by atoms with E-state index in [1.807, 2.05) is 13.1 Å². The van der Waals surface area contributed by atoms with Crippen molar-refractivity contribution in [2.75, 3.05) is 13.6 Å². The fourth-order valence-electron chi connectivity index (χ4n) is 4.03. The first-order valence-corrected chi connectivity index (χ1v) is 8.57. The third kappa shape index (κ3) is 2.72. The summed E-state index contributed by atoms with van der Waals surface area (Å²) < 4.78 is 27.6. The smallest absolute Gasteiger partial charge is 0.242 e. The normalized spacial score (nSPS) is 26.0. The van der Waals surface area contributed by atoms with Crippen molar-refractivity contribution in [1.29, 1.82) is 0 Å². The van der Waals surface area contributed by atoms with Crippen LogP contribution in [0.3, 0.4) is 0 Å². The van der Waals surface area contributed by atoms with Gasteiger partial charge in [0.05, 0.1) is 0 Å². The van der Waals surface area contributed by atoms with Crippen LogP contribution in [0.4, 0.5) is 8.78 Å². The molecule has 0 unspecified atom stereocenters. The van der Waals surface area contributed by atoms with Crippen molar-refractivity contribution in [3.05, 3.63) is 59.7 Å². The Morgan fingerprint density at radius 2 is 1.80 bits per heavy atom. The molecule has 4 rings (SSSR count). The van der Waals surface area contributed by atoms with Gasteiger partial charge in [-0.1, -0.05) is 18.2 Å². The van der Waals surface area contributed by atoms with Gasteiger partial charge in [0.15, 0.2) is 0 Å². The van der Waals surface area contributed by atoms with Gasteiger partial charge < -0.3 is 4.90 Å². The number of likely N-dealkylation sites (N-methyl/N-ethyl adjacent to an activating group) is 1. The predicted octanol–water partition coefficient (Wildman–Crippen LogP) is 3.66. The van der Waals surface area contributed by atoms with Crippen LogP contribution < -0.4 is 5.32 Å². The number of carbonyl (C=O) groups is 1. The third-order valence-electron chi connectivity index (χ3n) is 5.49. The molecule has 130 valence electrons. The van der Waals surface area contributed by atoms with E-state index in [0.717, 1.165) is 36.9 Å². The van der Waals surface area contributed by atoms with E-state index in [0.29, 0.717) is 5.56 Å². The molecule has 2 aromatic carbocycles. The third-order valence-corrected chi connectivity index (χ3v) is 5.49. The number of halogens is 2. The van der Waals surface area contributed by atoms with Crippen LogP contribution in [-0.2, 0) is 4.79 Å². The zero-order valence-electron chi connectivity index (χ0n) is 14.1. The molecule has 25 heavy (non-hydrogen) atoms. The molecule has 1 N–H and O–H groups in total. The molecule has 2 saturated heterocycles. The van der Waals surface area contributed by atoms with E-state index in [-0.39, 0.29) is 23.6 Å². The molecular weight excluding hydrogens is 322 g/mol. The molecule has 2 aliphatic heterocycles. The van der Waals surface area contributed by atoms with Gasteiger partial charge in [0.2, 0.25) is 5.91 Å². The standard InChI is InChI=1S/C20H20F2N2O/c1-24-11-10-20(19(24)25)9-8-18(23-20)16-12-14(4-7-17(16)22)13-2-5-15(21)6-3-13/h2-7,12,18,23H,8-11H2,1H3/t18-,20-/m1/s1. The Labute approximate surface area is 145 Å². The molecule has 0 radical (unpaired) electrons. The summed E-state index contributed by atoms with van der Waals surface area (Å²) in [4.78, 5) is 14.2. The molecule has 5 heteroatoms. The summed E-state index contributed by atoms with van der Waals surface area (Å²) in [7, 11) is 1.81. The highest BCUT2D eigenvalue weighted by molar-refractivity contribution is 5.88. The van der Waals surface area contributed by atoms with Crippen molar-refractivity contribution < 1.29 is 13.6 Å². The second kappa shape index (κ2) is 5.92. The molecule has 2 aliphatic rings. The summed E-state index contributed by atoms with van der Waals surface area (Å²) in [6, 6.07) is 10.9. The highest BCUT2D eigenvalue weighted by Crippen LogP contribution is 2.40. The van der Waals surface area contributed by atoms with E-state index in [1.165, 1.54) is 18.2 Å². The van der Waals surface area contributed by atoms with E-state index in [1.54, 1.807) is 23.1 Å². The largest absolute Gasteiger partial charge is 0.344 e. The van der Waals surface area contributed by atoms with Gasteiger partial charge >= 0.3 is 0 Å². The SMILES string of the molecule is CN1CC[C@]2(CC[C@H](c3cc(-c4ccc(F)cc4)ccc3F)N2)C1=O. The molecule has 2 heterocycles. The maximum Gasteiger partial charge on any atom is 0.242 e. The quantitative estimate of drug-likeness (QED) is 0.903. The van der Waals surface area contributed by atoms with Crippen molar-refractivity contribution in [1.82, 2.24) is 10.2 Å². The van der Waals surface area contributed by atoms with Crippen molar-refractivity contribution >= 4 is 5.91 Å². The number of nitrogens with one attached hydrogen (secondary N) is 1. The fraction of sp³-hybridized carbons (Fsp3) is 0.350. The first-order chi connectivity index (χ1) is 12.0. The molecule has 0 aliphatic carbocycles. The van der Waals surface area contributed by atoms with E-state index in [4.69, 9.17) is 0 Å². The fourth-order valence-corrected chi connectivity index (χ4v) is 4.03. The second-order valence-electron chi connectivity index (χ2n) is 7.04. The molecule has 1 spiro atoms. The van der Waals surface area contributed by atoms with E-state index in [2.05, 4.69) is 5.32 Å². The van der Waals surface area contributed by atoms with Crippen LogP contribution in [0.2, 0.25) is 0 Å². The number of amides is 1. The molecule has 2 aromatic rings. The minimum absolute atomic E-state index is 0.102. The van der Waals surface area contributed by atoms with Gasteiger partial charge in [-0.25, -0.2) is 8.78 Å². The molecule has 1 amide bonds. The number of likely N-dealkylation sites (tertiary alicyclic amines) is 1. The Morgan fingerprint density at radius 3 is 2.48 bits per heavy atom. The van der Waals surface area contributed by atoms with Crippen LogP contribution in [0.5, 0.6) is 0 Å². The number of nitrogens with zero attached hydrogens (tertiary/aromatic N) is 1. The van der Waals surface area contributed by atoms with Gasteiger partial charge in [0.1, 0.15) is 17.2 Å². The minimum atomic E-state index is -0.544. The van der Waals surface area contributed by atoms with Gasteiger partial charge in [-0.3, -0.25) is 10.1 Å². The van der Waals surface area contributed by atoms with E-state index < -0.39 is 5.54 Å². The number of hydrogen-bond acceptors (Lipinski definition) is 2. The number of rotatable bonds is 2. The Hall–Kier alpha value is -2.27. The summed E-state index contributed by atoms with van der Waals surface area (Å²) >= 11 is 0. The summed E-state index contributed by atoms with van der Waals surface area (Å²) in [6.07, 6.45) is 2.21. The zero-order chi connectivity index (χ0) is 17.6. The lowest BCUT2D eigenvalue weighted by Gasteiger charge is -2.23. The molecule has 0 bridgehead atoms. The Balaban J connectivity index is 1.64. The molecule has 0 saturated carbocycles. The molecule has 2 fully saturated rings. The second-order valence-corrected chi connectivity index (χ2v) is 7.04. The van der Waals surface area contributed by atoms with Crippen LogP contribution in [-0.4, -0.2) is 29.9 Å². The average molecular weight is 342 g/mol. The topological polar surface area (TPSA) is 32.3 Å². The summed E-state index contributed by atoms with van der Waals surface area (Å²) in [5.74, 6) is -0.473. The van der Waals surface area contributed by atoms with Crippen molar-refractivity contribution in [2.24, 2.45) is 0 Å². The van der Waals surface area contributed by atoms with E-state index >= 15 is 0 Å². The summed E-state index contributed by atoms with van der Waals surface area (Å²) in [6.45, 7) is 0.733. The molecule has 2 atom stereocenters. The van der Waals surface area contributed by atoms with Gasteiger partial charge in [-0.05, 0) is 54.7 Å². The zero-order valence-corrected chi connectivity index (χ0v) is 14.1. The first kappa shape index (κ1) is 16.2. The van der Waals surface area contributed by atoms with Crippen LogP contribution in [0.25, 0.3) is 11.1 Å². The van der Waals surface area contributed by atoms with Gasteiger partial charge in [0, 0.05) is 25.2 Å². The monoisotopic (exact) mass is 342 g/mol. The van der Waals surface area contributed by atoms with Crippen LogP contribution in [0, 0.1) is 11.6 Å². The number of hydrogen-bond donors (Lipinski definition) is 1. The Morgan fingerprint density at radius 1 is 1.08 bits per heavy atom. The lowest BCUT2D eigenvalue weighted by atomic mass is 9.95. The minimum Gasteiger partial charge on any atom is -0.344 e. The lowest BCUT2D eigenvalue weighted by Crippen LogP contribution is -2.47. The van der Waals surface area contributed by atoms with Crippen LogP contribution in [0.1, 0.15) is 30.9 Å². The molecular formula is C20H20F2N2O. The Bertz CT molecular complexity index is 821. The number of carbonyl (C=O) groups excluding carboxylic acids is 1. The van der Waals surface area contributed by atoms with Gasteiger partial charge in [-0.2, -0.15) is 0 Å².